The maximum Gasteiger partial charge on any atom is 0.132 e. The van der Waals surface area contributed by atoms with Crippen molar-refractivity contribution in [2.24, 2.45) is 0 Å². The van der Waals surface area contributed by atoms with Gasteiger partial charge in [-0.05, 0) is 25.8 Å². The van der Waals surface area contributed by atoms with Crippen molar-refractivity contribution < 1.29 is 9.90 Å². The third-order valence-corrected chi connectivity index (χ3v) is 5.00. The van der Waals surface area contributed by atoms with Crippen LogP contribution in [0.15, 0.2) is 30.3 Å². The van der Waals surface area contributed by atoms with Gasteiger partial charge in [0, 0.05) is 16.9 Å². The van der Waals surface area contributed by atoms with Crippen molar-refractivity contribution >= 4 is 17.5 Å². The standard InChI is InChI=1S/C15H22O2S/c1-4-15(3,14(17)10-12(2)16)18-11-13-8-6-5-7-9-13/h5-9,14,17H,4,10-11H2,1-3H3/t14-,15+/m0/s1. The minimum atomic E-state index is -0.575. The number of rotatable bonds is 7. The number of benzene rings is 1. The molecular weight excluding hydrogens is 244 g/mol. The molecule has 2 nitrogen and oxygen atoms in total. The molecule has 0 heterocycles. The van der Waals surface area contributed by atoms with Gasteiger partial charge in [-0.3, -0.25) is 4.79 Å². The average Bonchev–Trinajstić information content (AvgIpc) is 2.36. The van der Waals surface area contributed by atoms with Gasteiger partial charge in [0.05, 0.1) is 6.10 Å². The summed E-state index contributed by atoms with van der Waals surface area (Å²) in [4.78, 5) is 11.1. The molecule has 0 spiro atoms. The molecule has 0 aliphatic rings. The quantitative estimate of drug-likeness (QED) is 0.821. The molecule has 3 heteroatoms. The minimum Gasteiger partial charge on any atom is -0.391 e. The first-order chi connectivity index (χ1) is 8.48. The first-order valence-corrected chi connectivity index (χ1v) is 7.32. The van der Waals surface area contributed by atoms with Crippen LogP contribution >= 0.6 is 11.8 Å². The van der Waals surface area contributed by atoms with Gasteiger partial charge in [0.1, 0.15) is 5.78 Å². The molecule has 0 radical (unpaired) electrons. The highest BCUT2D eigenvalue weighted by atomic mass is 32.2. The van der Waals surface area contributed by atoms with Crippen LogP contribution in [0.3, 0.4) is 0 Å². The Morgan fingerprint density at radius 2 is 2.00 bits per heavy atom. The second-order valence-electron chi connectivity index (χ2n) is 4.86. The van der Waals surface area contributed by atoms with Gasteiger partial charge in [-0.1, -0.05) is 37.3 Å². The van der Waals surface area contributed by atoms with Crippen molar-refractivity contribution in [3.05, 3.63) is 35.9 Å². The number of hydrogen-bond donors (Lipinski definition) is 1. The van der Waals surface area contributed by atoms with E-state index in [9.17, 15) is 9.90 Å². The summed E-state index contributed by atoms with van der Waals surface area (Å²) in [6, 6.07) is 10.2. The molecular formula is C15H22O2S. The van der Waals surface area contributed by atoms with Crippen LogP contribution in [0, 0.1) is 0 Å². The molecule has 0 saturated heterocycles. The third kappa shape index (κ3) is 4.46. The van der Waals surface area contributed by atoms with Gasteiger partial charge in [0.15, 0.2) is 0 Å². The van der Waals surface area contributed by atoms with Gasteiger partial charge < -0.3 is 5.11 Å². The molecule has 0 unspecified atom stereocenters. The second kappa shape index (κ2) is 6.95. The van der Waals surface area contributed by atoms with Gasteiger partial charge in [-0.25, -0.2) is 0 Å². The predicted octanol–water partition coefficient (Wildman–Crippen LogP) is 3.43. The Hall–Kier alpha value is -0.800. The van der Waals surface area contributed by atoms with E-state index in [0.29, 0.717) is 0 Å². The van der Waals surface area contributed by atoms with Crippen LogP contribution in [0.5, 0.6) is 0 Å². The van der Waals surface area contributed by atoms with E-state index in [1.165, 1.54) is 12.5 Å². The van der Waals surface area contributed by atoms with Crippen LogP contribution in [-0.4, -0.2) is 21.7 Å². The van der Waals surface area contributed by atoms with E-state index in [4.69, 9.17) is 0 Å². The first-order valence-electron chi connectivity index (χ1n) is 6.33. The summed E-state index contributed by atoms with van der Waals surface area (Å²) < 4.78 is -0.262. The number of aliphatic hydroxyl groups excluding tert-OH is 1. The molecule has 1 rings (SSSR count). The fourth-order valence-corrected chi connectivity index (χ4v) is 2.91. The number of aliphatic hydroxyl groups is 1. The van der Waals surface area contributed by atoms with Crippen LogP contribution in [0.4, 0.5) is 0 Å². The lowest BCUT2D eigenvalue weighted by atomic mass is 9.97. The molecule has 0 saturated carbocycles. The molecule has 1 N–H and O–H groups in total. The van der Waals surface area contributed by atoms with Crippen molar-refractivity contribution in [1.29, 1.82) is 0 Å². The first kappa shape index (κ1) is 15.3. The van der Waals surface area contributed by atoms with Crippen LogP contribution in [0.1, 0.15) is 39.2 Å². The van der Waals surface area contributed by atoms with Gasteiger partial charge in [-0.15, -0.1) is 11.8 Å². The number of carbonyl (C=O) groups excluding carboxylic acids is 1. The van der Waals surface area contributed by atoms with E-state index in [0.717, 1.165) is 12.2 Å². The van der Waals surface area contributed by atoms with Crippen LogP contribution in [0.2, 0.25) is 0 Å². The molecule has 0 bridgehead atoms. The number of Topliss-reactive ketones (excluding diaryl/α,β-unsaturated/α-hetero) is 1. The van der Waals surface area contributed by atoms with Gasteiger partial charge in [0.2, 0.25) is 0 Å². The molecule has 1 aromatic rings. The second-order valence-corrected chi connectivity index (χ2v) is 6.37. The van der Waals surface area contributed by atoms with E-state index in [1.54, 1.807) is 11.8 Å². The van der Waals surface area contributed by atoms with Gasteiger partial charge in [-0.2, -0.15) is 0 Å². The third-order valence-electron chi connectivity index (χ3n) is 3.30. The van der Waals surface area contributed by atoms with E-state index in [2.05, 4.69) is 19.1 Å². The molecule has 100 valence electrons. The molecule has 2 atom stereocenters. The Balaban J connectivity index is 2.62. The summed E-state index contributed by atoms with van der Waals surface area (Å²) >= 11 is 1.72. The Bertz CT molecular complexity index is 377. The lowest BCUT2D eigenvalue weighted by molar-refractivity contribution is -0.119. The van der Waals surface area contributed by atoms with E-state index < -0.39 is 6.10 Å². The zero-order valence-corrected chi connectivity index (χ0v) is 12.2. The topological polar surface area (TPSA) is 37.3 Å². The minimum absolute atomic E-state index is 0.0440. The molecule has 0 aliphatic heterocycles. The predicted molar refractivity (Wildman–Crippen MR) is 77.7 cm³/mol. The van der Waals surface area contributed by atoms with E-state index in [-0.39, 0.29) is 17.0 Å². The Morgan fingerprint density at radius 3 is 2.50 bits per heavy atom. The number of thioether (sulfide) groups is 1. The lowest BCUT2D eigenvalue weighted by Crippen LogP contribution is -2.37. The van der Waals surface area contributed by atoms with Crippen LogP contribution in [0.25, 0.3) is 0 Å². The number of ketones is 1. The SMILES string of the molecule is CC[C@@](C)(SCc1ccccc1)[C@@H](O)CC(C)=O. The Kier molecular flexibility index (Phi) is 5.89. The van der Waals surface area contributed by atoms with Crippen molar-refractivity contribution in [3.8, 4) is 0 Å². The summed E-state index contributed by atoms with van der Waals surface area (Å²) in [5.74, 6) is 0.905. The molecule has 0 aromatic heterocycles. The molecule has 0 aliphatic carbocycles. The van der Waals surface area contributed by atoms with Crippen LogP contribution in [-0.2, 0) is 10.5 Å². The highest BCUT2D eigenvalue weighted by Gasteiger charge is 2.32. The summed E-state index contributed by atoms with van der Waals surface area (Å²) in [5.41, 5.74) is 1.25. The number of hydrogen-bond acceptors (Lipinski definition) is 3. The Morgan fingerprint density at radius 1 is 1.39 bits per heavy atom. The Labute approximate surface area is 114 Å². The van der Waals surface area contributed by atoms with Gasteiger partial charge in [0.25, 0.3) is 0 Å². The molecule has 18 heavy (non-hydrogen) atoms. The monoisotopic (exact) mass is 266 g/mol. The summed E-state index contributed by atoms with van der Waals surface area (Å²) in [7, 11) is 0. The lowest BCUT2D eigenvalue weighted by Gasteiger charge is -2.32. The summed E-state index contributed by atoms with van der Waals surface area (Å²) in [6.45, 7) is 5.62. The smallest absolute Gasteiger partial charge is 0.132 e. The highest BCUT2D eigenvalue weighted by Crippen LogP contribution is 2.36. The highest BCUT2D eigenvalue weighted by molar-refractivity contribution is 7.99. The van der Waals surface area contributed by atoms with Gasteiger partial charge >= 0.3 is 0 Å². The molecule has 0 amide bonds. The zero-order valence-electron chi connectivity index (χ0n) is 11.3. The maximum absolute atomic E-state index is 11.1. The molecule has 1 aromatic carbocycles. The van der Waals surface area contributed by atoms with Crippen molar-refractivity contribution in [2.75, 3.05) is 0 Å². The van der Waals surface area contributed by atoms with Crippen molar-refractivity contribution in [3.63, 3.8) is 0 Å². The van der Waals surface area contributed by atoms with E-state index in [1.807, 2.05) is 25.1 Å². The van der Waals surface area contributed by atoms with Crippen molar-refractivity contribution in [1.82, 2.24) is 0 Å². The fourth-order valence-electron chi connectivity index (χ4n) is 1.74. The summed E-state index contributed by atoms with van der Waals surface area (Å²) in [5, 5.41) is 10.2. The maximum atomic E-state index is 11.1. The largest absolute Gasteiger partial charge is 0.391 e. The zero-order chi connectivity index (χ0) is 13.6. The van der Waals surface area contributed by atoms with Crippen molar-refractivity contribution in [2.45, 2.75) is 50.2 Å². The summed E-state index contributed by atoms with van der Waals surface area (Å²) in [6.07, 6.45) is 0.513. The number of carbonyl (C=O) groups is 1. The van der Waals surface area contributed by atoms with Crippen LogP contribution < -0.4 is 0 Å². The average molecular weight is 266 g/mol. The van der Waals surface area contributed by atoms with E-state index >= 15 is 0 Å². The molecule has 0 fully saturated rings. The fraction of sp³-hybridized carbons (Fsp3) is 0.533. The normalized spacial score (nSPS) is 16.0.